The van der Waals surface area contributed by atoms with Gasteiger partial charge in [-0.2, -0.15) is 4.98 Å². The van der Waals surface area contributed by atoms with Crippen molar-refractivity contribution in [3.8, 4) is 0 Å². The minimum atomic E-state index is -0.400. The highest BCUT2D eigenvalue weighted by Crippen LogP contribution is 2.27. The van der Waals surface area contributed by atoms with Crippen LogP contribution in [0.4, 0.5) is 11.8 Å². The van der Waals surface area contributed by atoms with Crippen molar-refractivity contribution in [1.82, 2.24) is 15.3 Å². The van der Waals surface area contributed by atoms with E-state index >= 15 is 0 Å². The maximum Gasteiger partial charge on any atom is 0.242 e. The zero-order chi connectivity index (χ0) is 14.7. The molecule has 0 aliphatic rings. The van der Waals surface area contributed by atoms with Gasteiger partial charge in [-0.05, 0) is 32.2 Å². The van der Waals surface area contributed by atoms with Crippen LogP contribution in [0.25, 0.3) is 10.2 Å². The predicted octanol–water partition coefficient (Wildman–Crippen LogP) is 1.30. The summed E-state index contributed by atoms with van der Waals surface area (Å²) < 4.78 is 0.896. The molecule has 8 heteroatoms. The molecule has 0 aliphatic heterocycles. The molecule has 0 spiro atoms. The Morgan fingerprint density at radius 1 is 1.35 bits per heavy atom. The van der Waals surface area contributed by atoms with E-state index in [1.54, 1.807) is 6.92 Å². The molecule has 2 rings (SSSR count). The van der Waals surface area contributed by atoms with E-state index in [-0.39, 0.29) is 11.9 Å². The lowest BCUT2D eigenvalue weighted by Gasteiger charge is -2.17. The summed E-state index contributed by atoms with van der Waals surface area (Å²) >= 11 is 1.51. The summed E-state index contributed by atoms with van der Waals surface area (Å²) in [6.07, 6.45) is 0. The Morgan fingerprint density at radius 2 is 2.10 bits per heavy atom. The Balaban J connectivity index is 2.24. The molecule has 1 unspecified atom stereocenters. The van der Waals surface area contributed by atoms with Crippen molar-refractivity contribution in [2.75, 3.05) is 10.7 Å². The smallest absolute Gasteiger partial charge is 0.242 e. The van der Waals surface area contributed by atoms with Gasteiger partial charge in [0.1, 0.15) is 11.9 Å². The number of nitrogens with one attached hydrogen (secondary N) is 3. The molecule has 7 nitrogen and oxygen atoms in total. The highest BCUT2D eigenvalue weighted by Gasteiger charge is 2.16. The van der Waals surface area contributed by atoms with Crippen molar-refractivity contribution >= 4 is 39.2 Å². The fraction of sp³-hybridized carbons (Fsp3) is 0.417. The normalized spacial score (nSPS) is 12.4. The molecule has 20 heavy (non-hydrogen) atoms. The van der Waals surface area contributed by atoms with Crippen LogP contribution in [0, 0.1) is 0 Å². The minimum Gasteiger partial charge on any atom is -0.357 e. The van der Waals surface area contributed by atoms with Gasteiger partial charge in [0.15, 0.2) is 0 Å². The average molecular weight is 294 g/mol. The number of carbonyl (C=O) groups excluding carboxylic acids is 1. The van der Waals surface area contributed by atoms with Crippen LogP contribution < -0.4 is 21.9 Å². The van der Waals surface area contributed by atoms with Crippen LogP contribution in [0.5, 0.6) is 0 Å². The number of anilines is 2. The van der Waals surface area contributed by atoms with Gasteiger partial charge in [0.05, 0.1) is 10.2 Å². The van der Waals surface area contributed by atoms with Crippen LogP contribution in [0.3, 0.4) is 0 Å². The van der Waals surface area contributed by atoms with Crippen LogP contribution in [-0.4, -0.2) is 28.0 Å². The summed E-state index contributed by atoms with van der Waals surface area (Å²) in [6, 6.07) is 1.58. The van der Waals surface area contributed by atoms with Gasteiger partial charge >= 0.3 is 0 Å². The lowest BCUT2D eigenvalue weighted by atomic mass is 10.2. The number of nitrogen functional groups attached to an aromatic ring is 1. The summed E-state index contributed by atoms with van der Waals surface area (Å²) in [5.74, 6) is 6.19. The molecule has 0 saturated heterocycles. The van der Waals surface area contributed by atoms with Crippen LogP contribution >= 0.6 is 11.3 Å². The van der Waals surface area contributed by atoms with Crippen LogP contribution in [0.15, 0.2) is 11.4 Å². The van der Waals surface area contributed by atoms with Crippen LogP contribution in [0.2, 0.25) is 0 Å². The van der Waals surface area contributed by atoms with Crippen molar-refractivity contribution in [3.63, 3.8) is 0 Å². The number of aromatic nitrogens is 2. The van der Waals surface area contributed by atoms with Gasteiger partial charge in [0, 0.05) is 6.04 Å². The summed E-state index contributed by atoms with van der Waals surface area (Å²) in [4.78, 5) is 20.4. The molecular weight excluding hydrogens is 276 g/mol. The van der Waals surface area contributed by atoms with Gasteiger partial charge in [-0.25, -0.2) is 10.8 Å². The molecule has 0 aromatic carbocycles. The van der Waals surface area contributed by atoms with Crippen molar-refractivity contribution in [2.24, 2.45) is 5.84 Å². The van der Waals surface area contributed by atoms with Gasteiger partial charge in [-0.15, -0.1) is 11.3 Å². The number of nitrogens with two attached hydrogens (primary N) is 1. The average Bonchev–Trinajstić information content (AvgIpc) is 2.86. The Labute approximate surface area is 121 Å². The molecule has 0 saturated carbocycles. The quantitative estimate of drug-likeness (QED) is 0.489. The summed E-state index contributed by atoms with van der Waals surface area (Å²) in [5.41, 5.74) is 3.21. The van der Waals surface area contributed by atoms with Gasteiger partial charge in [0.25, 0.3) is 0 Å². The zero-order valence-electron chi connectivity index (χ0n) is 11.6. The lowest BCUT2D eigenvalue weighted by Crippen LogP contribution is -2.41. The predicted molar refractivity (Wildman–Crippen MR) is 81.6 cm³/mol. The number of amides is 1. The Bertz CT molecular complexity index is 611. The molecule has 1 atom stereocenters. The Hall–Kier alpha value is -1.93. The highest BCUT2D eigenvalue weighted by molar-refractivity contribution is 7.17. The molecule has 108 valence electrons. The van der Waals surface area contributed by atoms with Gasteiger partial charge in [0.2, 0.25) is 11.9 Å². The van der Waals surface area contributed by atoms with E-state index in [2.05, 4.69) is 26.0 Å². The maximum absolute atomic E-state index is 11.9. The molecule has 2 heterocycles. The van der Waals surface area contributed by atoms with E-state index in [1.807, 2.05) is 25.3 Å². The molecule has 1 amide bonds. The fourth-order valence-electron chi connectivity index (χ4n) is 1.71. The zero-order valence-corrected chi connectivity index (χ0v) is 12.4. The second kappa shape index (κ2) is 6.02. The third-order valence-electron chi connectivity index (χ3n) is 2.61. The standard InChI is InChI=1S/C12H18N6OS/c1-6(2)14-11(19)7(3)15-10-9-8(4-5-20-9)16-12(17-10)18-13/h4-7H,13H2,1-3H3,(H,14,19)(H2,15,16,17,18). The molecular formula is C12H18N6OS. The molecule has 0 aliphatic carbocycles. The van der Waals surface area contributed by atoms with E-state index in [0.29, 0.717) is 11.8 Å². The third kappa shape index (κ3) is 3.14. The van der Waals surface area contributed by atoms with E-state index in [0.717, 1.165) is 10.2 Å². The maximum atomic E-state index is 11.9. The number of thiophene rings is 1. The number of fused-ring (bicyclic) bond motifs is 1. The van der Waals surface area contributed by atoms with E-state index in [4.69, 9.17) is 5.84 Å². The lowest BCUT2D eigenvalue weighted by molar-refractivity contribution is -0.122. The second-order valence-corrected chi connectivity index (χ2v) is 5.62. The van der Waals surface area contributed by atoms with Crippen molar-refractivity contribution in [3.05, 3.63) is 11.4 Å². The van der Waals surface area contributed by atoms with Gasteiger partial charge in [-0.3, -0.25) is 10.2 Å². The Kier molecular flexibility index (Phi) is 4.35. The van der Waals surface area contributed by atoms with Crippen LogP contribution in [-0.2, 0) is 4.79 Å². The van der Waals surface area contributed by atoms with Crippen LogP contribution in [0.1, 0.15) is 20.8 Å². The Morgan fingerprint density at radius 3 is 2.75 bits per heavy atom. The topological polar surface area (TPSA) is 105 Å². The first kappa shape index (κ1) is 14.5. The van der Waals surface area contributed by atoms with Crippen molar-refractivity contribution in [2.45, 2.75) is 32.9 Å². The number of carbonyl (C=O) groups is 1. The van der Waals surface area contributed by atoms with Crippen molar-refractivity contribution < 1.29 is 4.79 Å². The van der Waals surface area contributed by atoms with E-state index in [1.165, 1.54) is 11.3 Å². The third-order valence-corrected chi connectivity index (χ3v) is 3.52. The monoisotopic (exact) mass is 294 g/mol. The number of hydrogen-bond donors (Lipinski definition) is 4. The highest BCUT2D eigenvalue weighted by atomic mass is 32.1. The molecule has 5 N–H and O–H groups in total. The van der Waals surface area contributed by atoms with Gasteiger partial charge < -0.3 is 10.6 Å². The molecule has 0 fully saturated rings. The first-order valence-electron chi connectivity index (χ1n) is 6.30. The molecule has 2 aromatic rings. The molecule has 0 bridgehead atoms. The summed E-state index contributed by atoms with van der Waals surface area (Å²) in [5, 5.41) is 7.87. The SMILES string of the molecule is CC(C)NC(=O)C(C)Nc1nc(NN)nc2ccsc12. The van der Waals surface area contributed by atoms with E-state index in [9.17, 15) is 4.79 Å². The minimum absolute atomic E-state index is 0.0782. The molecule has 2 aromatic heterocycles. The fourth-order valence-corrected chi connectivity index (χ4v) is 2.49. The molecule has 0 radical (unpaired) electrons. The first-order chi connectivity index (χ1) is 9.51. The summed E-state index contributed by atoms with van der Waals surface area (Å²) in [6.45, 7) is 5.63. The number of hydrazine groups is 1. The van der Waals surface area contributed by atoms with Crippen molar-refractivity contribution in [1.29, 1.82) is 0 Å². The number of hydrogen-bond acceptors (Lipinski definition) is 7. The van der Waals surface area contributed by atoms with E-state index < -0.39 is 6.04 Å². The summed E-state index contributed by atoms with van der Waals surface area (Å²) in [7, 11) is 0. The first-order valence-corrected chi connectivity index (χ1v) is 7.18. The largest absolute Gasteiger partial charge is 0.357 e. The number of rotatable bonds is 5. The second-order valence-electron chi connectivity index (χ2n) is 4.70. The van der Waals surface area contributed by atoms with Gasteiger partial charge in [-0.1, -0.05) is 0 Å². The number of nitrogens with zero attached hydrogens (tertiary/aromatic N) is 2.